The van der Waals surface area contributed by atoms with E-state index in [1.54, 1.807) is 17.0 Å². The summed E-state index contributed by atoms with van der Waals surface area (Å²) in [4.78, 5) is 26.2. The highest BCUT2D eigenvalue weighted by Gasteiger charge is 2.48. The SMILES string of the molecule is COC(=O)CC/C=C/c1ccc([C@@H]2[C@@H](CCCc3ccccc3)C(=O)N2c2ccc(F)cc2)cc1. The molecule has 0 spiro atoms. The van der Waals surface area contributed by atoms with Gasteiger partial charge in [-0.15, -0.1) is 0 Å². The van der Waals surface area contributed by atoms with E-state index < -0.39 is 0 Å². The highest BCUT2D eigenvalue weighted by Crippen LogP contribution is 2.45. The maximum absolute atomic E-state index is 13.5. The van der Waals surface area contributed by atoms with Crippen molar-refractivity contribution in [1.29, 1.82) is 0 Å². The Hall–Kier alpha value is -3.73. The first kappa shape index (κ1) is 24.4. The first-order chi connectivity index (χ1) is 17.1. The highest BCUT2D eigenvalue weighted by molar-refractivity contribution is 6.03. The van der Waals surface area contributed by atoms with Crippen LogP contribution in [-0.4, -0.2) is 19.0 Å². The van der Waals surface area contributed by atoms with Gasteiger partial charge in [-0.2, -0.15) is 0 Å². The number of hydrogen-bond donors (Lipinski definition) is 0. The van der Waals surface area contributed by atoms with E-state index in [0.717, 1.165) is 30.4 Å². The van der Waals surface area contributed by atoms with Crippen LogP contribution in [0.4, 0.5) is 10.1 Å². The fourth-order valence-electron chi connectivity index (χ4n) is 4.60. The summed E-state index contributed by atoms with van der Waals surface area (Å²) in [6.07, 6.45) is 7.56. The molecule has 0 radical (unpaired) electrons. The maximum atomic E-state index is 13.5. The average molecular weight is 472 g/mol. The van der Waals surface area contributed by atoms with Gasteiger partial charge in [0.15, 0.2) is 0 Å². The lowest BCUT2D eigenvalue weighted by Gasteiger charge is -2.47. The zero-order chi connectivity index (χ0) is 24.6. The third-order valence-corrected chi connectivity index (χ3v) is 6.47. The summed E-state index contributed by atoms with van der Waals surface area (Å²) in [6.45, 7) is 0. The largest absolute Gasteiger partial charge is 0.469 e. The number of amides is 1. The number of ether oxygens (including phenoxy) is 1. The summed E-state index contributed by atoms with van der Waals surface area (Å²) in [5.41, 5.74) is 4.07. The van der Waals surface area contributed by atoms with E-state index in [0.29, 0.717) is 18.5 Å². The van der Waals surface area contributed by atoms with Gasteiger partial charge in [0.1, 0.15) is 5.82 Å². The third kappa shape index (κ3) is 6.04. The normalized spacial score (nSPS) is 17.4. The highest BCUT2D eigenvalue weighted by atomic mass is 19.1. The lowest BCUT2D eigenvalue weighted by molar-refractivity contribution is -0.140. The van der Waals surface area contributed by atoms with Gasteiger partial charge in [-0.3, -0.25) is 9.59 Å². The number of allylic oxidation sites excluding steroid dienone is 1. The molecule has 35 heavy (non-hydrogen) atoms. The standard InChI is InChI=1S/C30H30FNO3/c1-35-28(33)13-6-5-10-23-14-16-24(17-15-23)29-27(12-7-11-22-8-3-2-4-9-22)30(34)32(29)26-20-18-25(31)19-21-26/h2-5,8-10,14-21,27,29H,6-7,11-13H2,1H3/b10-5+/t27-,29-/m1/s1. The first-order valence-electron chi connectivity index (χ1n) is 12.0. The van der Waals surface area contributed by atoms with Crippen LogP contribution in [0.3, 0.4) is 0 Å². The predicted octanol–water partition coefficient (Wildman–Crippen LogP) is 6.52. The van der Waals surface area contributed by atoms with E-state index in [-0.39, 0.29) is 29.7 Å². The quantitative estimate of drug-likeness (QED) is 0.250. The lowest BCUT2D eigenvalue weighted by Crippen LogP contribution is -2.55. The maximum Gasteiger partial charge on any atom is 0.305 e. The number of halogens is 1. The molecule has 0 aliphatic carbocycles. The molecule has 1 aliphatic heterocycles. The molecule has 0 N–H and O–H groups in total. The van der Waals surface area contributed by atoms with Crippen molar-refractivity contribution in [2.75, 3.05) is 12.0 Å². The molecule has 0 aromatic heterocycles. The number of β-lactam (4-membered cyclic amide) rings is 1. The van der Waals surface area contributed by atoms with Crippen molar-refractivity contribution in [1.82, 2.24) is 0 Å². The van der Waals surface area contributed by atoms with Gasteiger partial charge in [-0.25, -0.2) is 4.39 Å². The molecule has 0 saturated carbocycles. The Morgan fingerprint density at radius 1 is 1.00 bits per heavy atom. The second kappa shape index (κ2) is 11.6. The number of carbonyl (C=O) groups excluding carboxylic acids is 2. The number of hydrogen-bond acceptors (Lipinski definition) is 3. The predicted molar refractivity (Wildman–Crippen MR) is 136 cm³/mol. The summed E-state index contributed by atoms with van der Waals surface area (Å²) in [5, 5.41) is 0. The molecule has 5 heteroatoms. The molecule has 4 rings (SSSR count). The molecule has 3 aromatic carbocycles. The summed E-state index contributed by atoms with van der Waals surface area (Å²) < 4.78 is 18.2. The molecule has 1 aliphatic rings. The van der Waals surface area contributed by atoms with Crippen LogP contribution in [-0.2, 0) is 20.7 Å². The van der Waals surface area contributed by atoms with Crippen LogP contribution >= 0.6 is 0 Å². The molecule has 1 heterocycles. The van der Waals surface area contributed by atoms with Crippen LogP contribution in [0.5, 0.6) is 0 Å². The van der Waals surface area contributed by atoms with E-state index in [2.05, 4.69) is 29.0 Å². The average Bonchev–Trinajstić information content (AvgIpc) is 2.89. The number of aryl methyl sites for hydroxylation is 1. The topological polar surface area (TPSA) is 46.6 Å². The Morgan fingerprint density at radius 2 is 1.71 bits per heavy atom. The fourth-order valence-corrected chi connectivity index (χ4v) is 4.60. The van der Waals surface area contributed by atoms with Gasteiger partial charge in [0.05, 0.1) is 19.1 Å². The van der Waals surface area contributed by atoms with Crippen molar-refractivity contribution in [2.45, 2.75) is 38.1 Å². The Labute approximate surface area is 206 Å². The Bertz CT molecular complexity index is 1160. The third-order valence-electron chi connectivity index (χ3n) is 6.47. The van der Waals surface area contributed by atoms with Crippen LogP contribution < -0.4 is 4.90 Å². The molecule has 0 bridgehead atoms. The number of methoxy groups -OCH3 is 1. The molecule has 1 amide bonds. The van der Waals surface area contributed by atoms with Crippen LogP contribution in [0.25, 0.3) is 6.08 Å². The number of carbonyl (C=O) groups is 2. The molecule has 3 aromatic rings. The van der Waals surface area contributed by atoms with Crippen LogP contribution in [0, 0.1) is 11.7 Å². The Balaban J connectivity index is 1.47. The van der Waals surface area contributed by atoms with E-state index in [4.69, 9.17) is 0 Å². The van der Waals surface area contributed by atoms with Gasteiger partial charge in [0.25, 0.3) is 0 Å². The number of nitrogens with zero attached hydrogens (tertiary/aromatic N) is 1. The number of anilines is 1. The lowest BCUT2D eigenvalue weighted by atomic mass is 9.78. The van der Waals surface area contributed by atoms with E-state index in [9.17, 15) is 14.0 Å². The molecule has 4 nitrogen and oxygen atoms in total. The zero-order valence-corrected chi connectivity index (χ0v) is 19.9. The molecular formula is C30H30FNO3. The van der Waals surface area contributed by atoms with Gasteiger partial charge in [-0.1, -0.05) is 66.7 Å². The number of rotatable bonds is 10. The Morgan fingerprint density at radius 3 is 2.40 bits per heavy atom. The molecule has 1 fully saturated rings. The summed E-state index contributed by atoms with van der Waals surface area (Å²) in [6, 6.07) is 24.5. The fraction of sp³-hybridized carbons (Fsp3) is 0.267. The number of benzene rings is 3. The van der Waals surface area contributed by atoms with Crippen molar-refractivity contribution in [3.05, 3.63) is 107 Å². The van der Waals surface area contributed by atoms with Crippen LogP contribution in [0.15, 0.2) is 84.9 Å². The number of esters is 1. The molecule has 2 atom stereocenters. The van der Waals surface area contributed by atoms with E-state index in [1.165, 1.54) is 24.8 Å². The molecular weight excluding hydrogens is 441 g/mol. The Kier molecular flexibility index (Phi) is 8.09. The van der Waals surface area contributed by atoms with Gasteiger partial charge >= 0.3 is 5.97 Å². The van der Waals surface area contributed by atoms with Gasteiger partial charge in [-0.05, 0) is 66.6 Å². The van der Waals surface area contributed by atoms with Gasteiger partial charge in [0, 0.05) is 12.1 Å². The van der Waals surface area contributed by atoms with Gasteiger partial charge < -0.3 is 9.64 Å². The zero-order valence-electron chi connectivity index (χ0n) is 19.9. The second-order valence-corrected chi connectivity index (χ2v) is 8.80. The minimum absolute atomic E-state index is 0.0823. The minimum Gasteiger partial charge on any atom is -0.469 e. The molecule has 0 unspecified atom stereocenters. The van der Waals surface area contributed by atoms with E-state index >= 15 is 0 Å². The monoisotopic (exact) mass is 471 g/mol. The smallest absolute Gasteiger partial charge is 0.305 e. The van der Waals surface area contributed by atoms with Crippen LogP contribution in [0.2, 0.25) is 0 Å². The van der Waals surface area contributed by atoms with E-state index in [1.807, 2.05) is 42.5 Å². The minimum atomic E-state index is -0.318. The summed E-state index contributed by atoms with van der Waals surface area (Å²) in [5.74, 6) is -0.563. The van der Waals surface area contributed by atoms with Crippen molar-refractivity contribution in [3.8, 4) is 0 Å². The van der Waals surface area contributed by atoms with Crippen LogP contribution in [0.1, 0.15) is 48.4 Å². The first-order valence-corrected chi connectivity index (χ1v) is 12.0. The van der Waals surface area contributed by atoms with Crippen molar-refractivity contribution in [3.63, 3.8) is 0 Å². The van der Waals surface area contributed by atoms with Crippen molar-refractivity contribution < 1.29 is 18.7 Å². The van der Waals surface area contributed by atoms with Crippen molar-refractivity contribution in [2.24, 2.45) is 5.92 Å². The summed E-state index contributed by atoms with van der Waals surface area (Å²) >= 11 is 0. The van der Waals surface area contributed by atoms with Crippen molar-refractivity contribution >= 4 is 23.6 Å². The van der Waals surface area contributed by atoms with Gasteiger partial charge in [0.2, 0.25) is 5.91 Å². The molecule has 1 saturated heterocycles. The second-order valence-electron chi connectivity index (χ2n) is 8.80. The molecule has 180 valence electrons. The summed E-state index contributed by atoms with van der Waals surface area (Å²) in [7, 11) is 1.39.